The lowest BCUT2D eigenvalue weighted by molar-refractivity contribution is 0.102. The molecule has 0 aliphatic carbocycles. The van der Waals surface area contributed by atoms with Crippen LogP contribution in [0, 0.1) is 6.92 Å². The fourth-order valence-electron chi connectivity index (χ4n) is 1.48. The number of pyridine rings is 1. The average Bonchev–Trinajstić information content (AvgIpc) is 2.36. The molecule has 18 heavy (non-hydrogen) atoms. The highest BCUT2D eigenvalue weighted by atomic mass is 79.9. The van der Waals surface area contributed by atoms with Crippen molar-refractivity contribution in [2.45, 2.75) is 6.92 Å². The van der Waals surface area contributed by atoms with E-state index in [0.717, 1.165) is 15.7 Å². The first-order valence-corrected chi connectivity index (χ1v) is 6.15. The van der Waals surface area contributed by atoms with Crippen LogP contribution in [0.2, 0.25) is 0 Å². The summed E-state index contributed by atoms with van der Waals surface area (Å²) in [5.74, 6) is 0.178. The first-order valence-electron chi connectivity index (χ1n) is 5.36. The van der Waals surface area contributed by atoms with Gasteiger partial charge in [-0.3, -0.25) is 4.79 Å². The second-order valence-electron chi connectivity index (χ2n) is 3.86. The number of aromatic nitrogens is 1. The largest absolute Gasteiger partial charge is 0.384 e. The molecule has 0 unspecified atom stereocenters. The van der Waals surface area contributed by atoms with Crippen molar-refractivity contribution in [3.05, 3.63) is 52.1 Å². The first-order chi connectivity index (χ1) is 8.58. The molecule has 2 rings (SSSR count). The molecule has 1 aromatic heterocycles. The van der Waals surface area contributed by atoms with E-state index in [0.29, 0.717) is 11.4 Å². The number of hydrogen-bond donors (Lipinski definition) is 2. The average molecular weight is 306 g/mol. The van der Waals surface area contributed by atoms with Gasteiger partial charge in [0.25, 0.3) is 5.91 Å². The number of halogens is 1. The van der Waals surface area contributed by atoms with Gasteiger partial charge in [0, 0.05) is 10.7 Å². The van der Waals surface area contributed by atoms with Gasteiger partial charge in [0.15, 0.2) is 0 Å². The van der Waals surface area contributed by atoms with Crippen LogP contribution in [0.15, 0.2) is 41.0 Å². The topological polar surface area (TPSA) is 68.0 Å². The van der Waals surface area contributed by atoms with Crippen molar-refractivity contribution in [1.29, 1.82) is 0 Å². The number of carbonyl (C=O) groups is 1. The lowest BCUT2D eigenvalue weighted by atomic mass is 10.2. The molecule has 1 heterocycles. The van der Waals surface area contributed by atoms with Crippen LogP contribution in [-0.4, -0.2) is 10.9 Å². The zero-order valence-corrected chi connectivity index (χ0v) is 11.4. The Morgan fingerprint density at radius 3 is 2.78 bits per heavy atom. The zero-order chi connectivity index (χ0) is 13.1. The standard InChI is InChI=1S/C13H12BrN3O/c1-8-3-2-4-10(12(8)14)17-13(18)9-5-6-11(15)16-7-9/h2-7H,1H3,(H2,15,16)(H,17,18). The van der Waals surface area contributed by atoms with Crippen molar-refractivity contribution in [3.8, 4) is 0 Å². The van der Waals surface area contributed by atoms with E-state index in [2.05, 4.69) is 26.2 Å². The number of rotatable bonds is 2. The van der Waals surface area contributed by atoms with Gasteiger partial charge in [-0.05, 0) is 46.6 Å². The predicted octanol–water partition coefficient (Wildman–Crippen LogP) is 2.99. The zero-order valence-electron chi connectivity index (χ0n) is 9.77. The van der Waals surface area contributed by atoms with Crippen molar-refractivity contribution in [3.63, 3.8) is 0 Å². The molecule has 92 valence electrons. The Bertz CT molecular complexity index is 581. The van der Waals surface area contributed by atoms with Crippen molar-refractivity contribution in [2.24, 2.45) is 0 Å². The minimum absolute atomic E-state index is 0.214. The number of amides is 1. The lowest BCUT2D eigenvalue weighted by Gasteiger charge is -2.09. The molecule has 2 aromatic rings. The van der Waals surface area contributed by atoms with Crippen LogP contribution >= 0.6 is 15.9 Å². The van der Waals surface area contributed by atoms with Crippen molar-refractivity contribution >= 4 is 33.3 Å². The van der Waals surface area contributed by atoms with Crippen LogP contribution in [0.1, 0.15) is 15.9 Å². The molecule has 3 N–H and O–H groups in total. The smallest absolute Gasteiger partial charge is 0.257 e. The number of nitrogens with zero attached hydrogens (tertiary/aromatic N) is 1. The molecule has 0 radical (unpaired) electrons. The monoisotopic (exact) mass is 305 g/mol. The number of anilines is 2. The van der Waals surface area contributed by atoms with Gasteiger partial charge in [0.2, 0.25) is 0 Å². The molecule has 0 bridgehead atoms. The fourth-order valence-corrected chi connectivity index (χ4v) is 1.84. The maximum atomic E-state index is 12.0. The Kier molecular flexibility index (Phi) is 3.62. The highest BCUT2D eigenvalue weighted by molar-refractivity contribution is 9.10. The van der Waals surface area contributed by atoms with Crippen LogP contribution in [0.3, 0.4) is 0 Å². The van der Waals surface area contributed by atoms with Crippen LogP contribution in [0.4, 0.5) is 11.5 Å². The van der Waals surface area contributed by atoms with Gasteiger partial charge >= 0.3 is 0 Å². The molecule has 0 aliphatic heterocycles. The van der Waals surface area contributed by atoms with Crippen LogP contribution < -0.4 is 11.1 Å². The van der Waals surface area contributed by atoms with Gasteiger partial charge in [-0.25, -0.2) is 4.98 Å². The van der Waals surface area contributed by atoms with Crippen molar-refractivity contribution in [2.75, 3.05) is 11.1 Å². The van der Waals surface area contributed by atoms with E-state index in [1.807, 2.05) is 25.1 Å². The second-order valence-corrected chi connectivity index (χ2v) is 4.66. The molecule has 0 fully saturated rings. The maximum Gasteiger partial charge on any atom is 0.257 e. The normalized spacial score (nSPS) is 10.1. The van der Waals surface area contributed by atoms with Gasteiger partial charge in [-0.2, -0.15) is 0 Å². The number of nitrogens with two attached hydrogens (primary N) is 1. The Morgan fingerprint density at radius 1 is 1.33 bits per heavy atom. The van der Waals surface area contributed by atoms with Gasteiger partial charge in [-0.1, -0.05) is 12.1 Å². The Balaban J connectivity index is 2.21. The number of carbonyl (C=O) groups excluding carboxylic acids is 1. The minimum atomic E-state index is -0.214. The molecule has 1 amide bonds. The minimum Gasteiger partial charge on any atom is -0.384 e. The summed E-state index contributed by atoms with van der Waals surface area (Å²) < 4.78 is 0.877. The van der Waals surface area contributed by atoms with Gasteiger partial charge in [-0.15, -0.1) is 0 Å². The third-order valence-corrected chi connectivity index (χ3v) is 3.54. The highest BCUT2D eigenvalue weighted by Crippen LogP contribution is 2.26. The molecular formula is C13H12BrN3O. The van der Waals surface area contributed by atoms with Gasteiger partial charge in [0.05, 0.1) is 11.3 Å². The summed E-state index contributed by atoms with van der Waals surface area (Å²) in [5, 5.41) is 2.82. The third kappa shape index (κ3) is 2.68. The Labute approximate surface area is 113 Å². The summed E-state index contributed by atoms with van der Waals surface area (Å²) in [6.45, 7) is 1.96. The lowest BCUT2D eigenvalue weighted by Crippen LogP contribution is -2.13. The number of hydrogen-bond acceptors (Lipinski definition) is 3. The summed E-state index contributed by atoms with van der Waals surface area (Å²) in [4.78, 5) is 15.9. The van der Waals surface area contributed by atoms with E-state index in [-0.39, 0.29) is 5.91 Å². The fraction of sp³-hybridized carbons (Fsp3) is 0.0769. The van der Waals surface area contributed by atoms with Crippen LogP contribution in [0.25, 0.3) is 0 Å². The summed E-state index contributed by atoms with van der Waals surface area (Å²) >= 11 is 3.44. The molecule has 0 saturated heterocycles. The SMILES string of the molecule is Cc1cccc(NC(=O)c2ccc(N)nc2)c1Br. The number of aryl methyl sites for hydroxylation is 1. The molecule has 0 atom stereocenters. The molecular weight excluding hydrogens is 294 g/mol. The predicted molar refractivity (Wildman–Crippen MR) is 75.5 cm³/mol. The third-order valence-electron chi connectivity index (χ3n) is 2.49. The summed E-state index contributed by atoms with van der Waals surface area (Å²) in [7, 11) is 0. The van der Waals surface area contributed by atoms with Gasteiger partial charge in [0.1, 0.15) is 5.82 Å². The molecule has 0 saturated carbocycles. The van der Waals surface area contributed by atoms with E-state index in [9.17, 15) is 4.79 Å². The van der Waals surface area contributed by atoms with E-state index in [1.165, 1.54) is 6.20 Å². The van der Waals surface area contributed by atoms with Crippen molar-refractivity contribution in [1.82, 2.24) is 4.98 Å². The molecule has 5 heteroatoms. The Hall–Kier alpha value is -1.88. The molecule has 0 spiro atoms. The number of benzene rings is 1. The second kappa shape index (κ2) is 5.18. The van der Waals surface area contributed by atoms with E-state index in [4.69, 9.17) is 5.73 Å². The highest BCUT2D eigenvalue weighted by Gasteiger charge is 2.09. The first kappa shape index (κ1) is 12.6. The van der Waals surface area contributed by atoms with Crippen LogP contribution in [0.5, 0.6) is 0 Å². The van der Waals surface area contributed by atoms with Crippen molar-refractivity contribution < 1.29 is 4.79 Å². The molecule has 0 aliphatic rings. The van der Waals surface area contributed by atoms with Gasteiger partial charge < -0.3 is 11.1 Å². The van der Waals surface area contributed by atoms with E-state index < -0.39 is 0 Å². The quantitative estimate of drug-likeness (QED) is 0.896. The van der Waals surface area contributed by atoms with E-state index in [1.54, 1.807) is 12.1 Å². The Morgan fingerprint density at radius 2 is 2.11 bits per heavy atom. The number of nitrogen functional groups attached to an aromatic ring is 1. The summed E-state index contributed by atoms with van der Waals surface area (Å²) in [5.41, 5.74) is 7.73. The van der Waals surface area contributed by atoms with Crippen LogP contribution in [-0.2, 0) is 0 Å². The molecule has 4 nitrogen and oxygen atoms in total. The van der Waals surface area contributed by atoms with E-state index >= 15 is 0 Å². The molecule has 1 aromatic carbocycles. The summed E-state index contributed by atoms with van der Waals surface area (Å²) in [6, 6.07) is 8.92. The maximum absolute atomic E-state index is 12.0. The number of nitrogens with one attached hydrogen (secondary N) is 1. The summed E-state index contributed by atoms with van der Waals surface area (Å²) in [6.07, 6.45) is 1.45.